The second-order valence-corrected chi connectivity index (χ2v) is 7.80. The molecule has 1 atom stereocenters. The van der Waals surface area contributed by atoms with Crippen LogP contribution in [0.3, 0.4) is 0 Å². The van der Waals surface area contributed by atoms with E-state index < -0.39 is 0 Å². The van der Waals surface area contributed by atoms with Crippen LogP contribution >= 0.6 is 0 Å². The van der Waals surface area contributed by atoms with E-state index in [0.29, 0.717) is 18.8 Å². The Hall–Kier alpha value is -2.67. The lowest BCUT2D eigenvalue weighted by atomic mass is 10.2. The summed E-state index contributed by atoms with van der Waals surface area (Å²) >= 11 is 0. The Morgan fingerprint density at radius 2 is 1.97 bits per heavy atom. The average molecular weight is 413 g/mol. The van der Waals surface area contributed by atoms with Gasteiger partial charge in [0.1, 0.15) is 5.69 Å². The molecule has 1 heterocycles. The SMILES string of the molecule is CCCN(Cc1ccccc1)/C(=N/C(=N)N[C@H](CC)CO)c1ncn(C(C)C)c1C. The number of imidazole rings is 1. The van der Waals surface area contributed by atoms with Gasteiger partial charge in [-0.2, -0.15) is 4.99 Å². The van der Waals surface area contributed by atoms with Crippen molar-refractivity contribution >= 4 is 11.8 Å². The fraction of sp³-hybridized carbons (Fsp3) is 0.522. The number of nitrogens with one attached hydrogen (secondary N) is 2. The first-order valence-electron chi connectivity index (χ1n) is 10.8. The minimum atomic E-state index is -0.189. The number of aromatic nitrogens is 2. The third-order valence-corrected chi connectivity index (χ3v) is 5.09. The van der Waals surface area contributed by atoms with Crippen LogP contribution in [-0.4, -0.2) is 50.5 Å². The largest absolute Gasteiger partial charge is 0.394 e. The molecular weight excluding hydrogens is 376 g/mol. The maximum Gasteiger partial charge on any atom is 0.217 e. The number of hydrogen-bond donors (Lipinski definition) is 3. The van der Waals surface area contributed by atoms with Gasteiger partial charge in [0.2, 0.25) is 5.96 Å². The van der Waals surface area contributed by atoms with E-state index in [-0.39, 0.29) is 24.7 Å². The standard InChI is InChI=1S/C23H36N6O/c1-6-13-28(14-19-11-9-8-10-12-19)22(27-23(24)26-20(7-2)15-30)21-18(5)29(16-25-21)17(3)4/h8-12,16-17,20,30H,6-7,13-15H2,1-5H3,(H2,24,26)/b27-22+/t20-/m1/s1. The van der Waals surface area contributed by atoms with Crippen molar-refractivity contribution in [2.75, 3.05) is 13.2 Å². The molecule has 0 radical (unpaired) electrons. The van der Waals surface area contributed by atoms with E-state index in [1.54, 1.807) is 0 Å². The molecule has 0 amide bonds. The summed E-state index contributed by atoms with van der Waals surface area (Å²) in [6.45, 7) is 11.9. The molecule has 0 saturated carbocycles. The summed E-state index contributed by atoms with van der Waals surface area (Å²) in [5, 5.41) is 20.9. The molecule has 1 aromatic heterocycles. The highest BCUT2D eigenvalue weighted by molar-refractivity contribution is 6.04. The van der Waals surface area contributed by atoms with E-state index in [9.17, 15) is 5.11 Å². The van der Waals surface area contributed by atoms with Gasteiger partial charge in [-0.25, -0.2) is 4.98 Å². The molecule has 2 rings (SSSR count). The van der Waals surface area contributed by atoms with Crippen LogP contribution < -0.4 is 5.32 Å². The molecule has 7 nitrogen and oxygen atoms in total. The monoisotopic (exact) mass is 412 g/mol. The van der Waals surface area contributed by atoms with E-state index >= 15 is 0 Å². The number of hydrogen-bond acceptors (Lipinski definition) is 3. The van der Waals surface area contributed by atoms with Gasteiger partial charge in [0.15, 0.2) is 5.84 Å². The van der Waals surface area contributed by atoms with Crippen LogP contribution in [0, 0.1) is 12.3 Å². The summed E-state index contributed by atoms with van der Waals surface area (Å²) in [6.07, 6.45) is 3.51. The number of nitrogens with zero attached hydrogens (tertiary/aromatic N) is 4. The van der Waals surface area contributed by atoms with Gasteiger partial charge in [-0.05, 0) is 39.2 Å². The van der Waals surface area contributed by atoms with Gasteiger partial charge in [0.05, 0.1) is 19.0 Å². The molecule has 0 fully saturated rings. The number of aliphatic hydroxyl groups excluding tert-OH is 1. The van der Waals surface area contributed by atoms with Gasteiger partial charge >= 0.3 is 0 Å². The first-order chi connectivity index (χ1) is 14.4. The summed E-state index contributed by atoms with van der Waals surface area (Å²) in [5.74, 6) is 0.724. The zero-order valence-corrected chi connectivity index (χ0v) is 18.9. The highest BCUT2D eigenvalue weighted by Gasteiger charge is 2.21. The molecule has 7 heteroatoms. The Bertz CT molecular complexity index is 823. The lowest BCUT2D eigenvalue weighted by Crippen LogP contribution is -2.39. The van der Waals surface area contributed by atoms with Gasteiger partial charge in [0.25, 0.3) is 0 Å². The number of aliphatic hydroxyl groups is 1. The van der Waals surface area contributed by atoms with E-state index in [0.717, 1.165) is 24.4 Å². The summed E-state index contributed by atoms with van der Waals surface area (Å²) in [7, 11) is 0. The summed E-state index contributed by atoms with van der Waals surface area (Å²) in [5.41, 5.74) is 3.00. The number of rotatable bonds is 9. The molecule has 0 unspecified atom stereocenters. The maximum atomic E-state index is 9.49. The summed E-state index contributed by atoms with van der Waals surface area (Å²) < 4.78 is 2.12. The number of benzene rings is 1. The van der Waals surface area contributed by atoms with Crippen molar-refractivity contribution < 1.29 is 5.11 Å². The van der Waals surface area contributed by atoms with Crippen molar-refractivity contribution in [3.63, 3.8) is 0 Å². The lowest BCUT2D eigenvalue weighted by Gasteiger charge is -2.26. The molecular formula is C23H36N6O. The molecule has 164 valence electrons. The zero-order valence-electron chi connectivity index (χ0n) is 18.9. The van der Waals surface area contributed by atoms with Crippen molar-refractivity contribution in [2.45, 2.75) is 66.1 Å². The van der Waals surface area contributed by atoms with Gasteiger partial charge in [-0.3, -0.25) is 5.41 Å². The predicted octanol–water partition coefficient (Wildman–Crippen LogP) is 3.73. The van der Waals surface area contributed by atoms with Crippen LogP contribution in [0.15, 0.2) is 41.7 Å². The Morgan fingerprint density at radius 3 is 2.50 bits per heavy atom. The summed E-state index contributed by atoms with van der Waals surface area (Å²) in [6, 6.07) is 10.4. The van der Waals surface area contributed by atoms with E-state index in [1.807, 2.05) is 38.4 Å². The van der Waals surface area contributed by atoms with Crippen molar-refractivity contribution in [1.82, 2.24) is 19.8 Å². The highest BCUT2D eigenvalue weighted by Crippen LogP contribution is 2.17. The van der Waals surface area contributed by atoms with Gasteiger partial charge < -0.3 is 19.9 Å². The van der Waals surface area contributed by atoms with Crippen molar-refractivity contribution in [2.24, 2.45) is 4.99 Å². The second kappa shape index (κ2) is 11.5. The summed E-state index contributed by atoms with van der Waals surface area (Å²) in [4.78, 5) is 11.5. The van der Waals surface area contributed by atoms with Gasteiger partial charge in [0, 0.05) is 24.8 Å². The molecule has 0 aliphatic rings. The Kier molecular flexibility index (Phi) is 9.05. The van der Waals surface area contributed by atoms with Crippen molar-refractivity contribution in [3.05, 3.63) is 53.6 Å². The van der Waals surface area contributed by atoms with Crippen molar-refractivity contribution in [1.29, 1.82) is 5.41 Å². The number of amidine groups is 1. The molecule has 3 N–H and O–H groups in total. The minimum Gasteiger partial charge on any atom is -0.394 e. The van der Waals surface area contributed by atoms with Crippen LogP contribution in [-0.2, 0) is 6.54 Å². The topological polar surface area (TPSA) is 89.5 Å². The molecule has 0 saturated heterocycles. The van der Waals surface area contributed by atoms with Crippen LogP contribution in [0.5, 0.6) is 0 Å². The molecule has 30 heavy (non-hydrogen) atoms. The van der Waals surface area contributed by atoms with E-state index in [4.69, 9.17) is 5.41 Å². The molecule has 2 aromatic rings. The Balaban J connectivity index is 2.47. The normalized spacial score (nSPS) is 12.8. The van der Waals surface area contributed by atoms with Gasteiger partial charge in [-0.1, -0.05) is 44.2 Å². The molecule has 0 aliphatic heterocycles. The van der Waals surface area contributed by atoms with Crippen molar-refractivity contribution in [3.8, 4) is 0 Å². The smallest absolute Gasteiger partial charge is 0.217 e. The molecule has 0 aliphatic carbocycles. The Labute approximate surface area is 180 Å². The molecule has 0 bridgehead atoms. The van der Waals surface area contributed by atoms with Gasteiger partial charge in [-0.15, -0.1) is 0 Å². The first-order valence-corrected chi connectivity index (χ1v) is 10.8. The second-order valence-electron chi connectivity index (χ2n) is 7.80. The van der Waals surface area contributed by atoms with Crippen LogP contribution in [0.25, 0.3) is 0 Å². The zero-order chi connectivity index (χ0) is 22.1. The Morgan fingerprint density at radius 1 is 1.27 bits per heavy atom. The predicted molar refractivity (Wildman–Crippen MR) is 123 cm³/mol. The molecule has 0 spiro atoms. The third-order valence-electron chi connectivity index (χ3n) is 5.09. The lowest BCUT2D eigenvalue weighted by molar-refractivity contribution is 0.252. The number of guanidine groups is 1. The number of aliphatic imine (C=N–C) groups is 1. The maximum absolute atomic E-state index is 9.49. The fourth-order valence-electron chi connectivity index (χ4n) is 3.38. The van der Waals surface area contributed by atoms with Crippen LogP contribution in [0.4, 0.5) is 0 Å². The van der Waals surface area contributed by atoms with Crippen LogP contribution in [0.2, 0.25) is 0 Å². The molecule has 1 aromatic carbocycles. The average Bonchev–Trinajstić information content (AvgIpc) is 3.12. The first kappa shape index (κ1) is 23.6. The van der Waals surface area contributed by atoms with Crippen LogP contribution in [0.1, 0.15) is 63.5 Å². The van der Waals surface area contributed by atoms with E-state index in [1.165, 1.54) is 5.56 Å². The quantitative estimate of drug-likeness (QED) is 0.432. The van der Waals surface area contributed by atoms with E-state index in [2.05, 4.69) is 57.7 Å². The highest BCUT2D eigenvalue weighted by atomic mass is 16.3. The minimum absolute atomic E-state index is 0.0343. The fourth-order valence-corrected chi connectivity index (χ4v) is 3.38. The third kappa shape index (κ3) is 6.16.